The Morgan fingerprint density at radius 2 is 2.10 bits per heavy atom. The minimum absolute atomic E-state index is 0.164. The smallest absolute Gasteiger partial charge is 0.124 e. The molecule has 3 nitrogen and oxygen atoms in total. The first-order chi connectivity index (χ1) is 9.63. The van der Waals surface area contributed by atoms with Crippen molar-refractivity contribution in [2.45, 2.75) is 6.04 Å². The van der Waals surface area contributed by atoms with Crippen LogP contribution in [0.2, 0.25) is 5.02 Å². The van der Waals surface area contributed by atoms with Crippen LogP contribution in [-0.4, -0.2) is 18.8 Å². The monoisotopic (exact) mass is 295 g/mol. The summed E-state index contributed by atoms with van der Waals surface area (Å²) in [5, 5.41) is 12.9. The molecule has 2 aromatic rings. The molecule has 0 amide bonds. The second kappa shape index (κ2) is 6.59. The topological polar surface area (TPSA) is 41.5 Å². The SMILES string of the molecule is COc1cccc(NC(CO)c2ccc(F)cc2Cl)c1. The highest BCUT2D eigenvalue weighted by Crippen LogP contribution is 2.28. The number of methoxy groups -OCH3 is 1. The largest absolute Gasteiger partial charge is 0.497 e. The first kappa shape index (κ1) is 14.6. The van der Waals surface area contributed by atoms with E-state index in [4.69, 9.17) is 16.3 Å². The van der Waals surface area contributed by atoms with Gasteiger partial charge in [0.2, 0.25) is 0 Å². The van der Waals surface area contributed by atoms with Gasteiger partial charge in [-0.05, 0) is 29.8 Å². The van der Waals surface area contributed by atoms with E-state index in [1.54, 1.807) is 19.2 Å². The van der Waals surface area contributed by atoms with Crippen LogP contribution in [0.3, 0.4) is 0 Å². The van der Waals surface area contributed by atoms with Gasteiger partial charge in [-0.15, -0.1) is 0 Å². The van der Waals surface area contributed by atoms with E-state index in [0.717, 1.165) is 5.69 Å². The van der Waals surface area contributed by atoms with E-state index in [1.807, 2.05) is 18.2 Å². The zero-order valence-corrected chi connectivity index (χ0v) is 11.7. The van der Waals surface area contributed by atoms with Crippen molar-refractivity contribution in [1.29, 1.82) is 0 Å². The number of hydrogen-bond acceptors (Lipinski definition) is 3. The molecular weight excluding hydrogens is 281 g/mol. The Kier molecular flexibility index (Phi) is 4.82. The van der Waals surface area contributed by atoms with Crippen LogP contribution in [0.25, 0.3) is 0 Å². The summed E-state index contributed by atoms with van der Waals surface area (Å²) in [6, 6.07) is 11.0. The Morgan fingerprint density at radius 3 is 2.75 bits per heavy atom. The molecule has 0 bridgehead atoms. The van der Waals surface area contributed by atoms with Gasteiger partial charge in [-0.3, -0.25) is 0 Å². The molecule has 0 aliphatic heterocycles. The minimum atomic E-state index is -0.421. The number of hydrogen-bond donors (Lipinski definition) is 2. The molecule has 0 aromatic heterocycles. The van der Waals surface area contributed by atoms with Crippen molar-refractivity contribution in [3.05, 3.63) is 58.9 Å². The van der Waals surface area contributed by atoms with E-state index >= 15 is 0 Å². The molecule has 1 unspecified atom stereocenters. The number of benzene rings is 2. The summed E-state index contributed by atoms with van der Waals surface area (Å²) in [4.78, 5) is 0. The fourth-order valence-corrected chi connectivity index (χ4v) is 2.22. The number of aliphatic hydroxyl groups is 1. The lowest BCUT2D eigenvalue weighted by Gasteiger charge is -2.19. The molecule has 0 fully saturated rings. The van der Waals surface area contributed by atoms with Crippen molar-refractivity contribution < 1.29 is 14.2 Å². The second-order valence-corrected chi connectivity index (χ2v) is 4.68. The summed E-state index contributed by atoms with van der Waals surface area (Å²) in [7, 11) is 1.58. The quantitative estimate of drug-likeness (QED) is 0.885. The first-order valence-corrected chi connectivity index (χ1v) is 6.48. The number of halogens is 2. The number of aliphatic hydroxyl groups excluding tert-OH is 1. The van der Waals surface area contributed by atoms with Gasteiger partial charge in [0.05, 0.1) is 19.8 Å². The maximum absolute atomic E-state index is 13.1. The van der Waals surface area contributed by atoms with E-state index in [-0.39, 0.29) is 11.6 Å². The third-order valence-corrected chi connectivity index (χ3v) is 3.26. The molecule has 0 aliphatic carbocycles. The summed E-state index contributed by atoms with van der Waals surface area (Å²) in [6.07, 6.45) is 0. The molecule has 0 saturated carbocycles. The van der Waals surface area contributed by atoms with Crippen molar-refractivity contribution in [2.24, 2.45) is 0 Å². The highest BCUT2D eigenvalue weighted by atomic mass is 35.5. The standard InChI is InChI=1S/C15H15ClFNO2/c1-20-12-4-2-3-11(8-12)18-15(9-19)13-6-5-10(17)7-14(13)16/h2-8,15,18-19H,9H2,1H3. The van der Waals surface area contributed by atoms with Crippen molar-refractivity contribution in [1.82, 2.24) is 0 Å². The van der Waals surface area contributed by atoms with Crippen LogP contribution < -0.4 is 10.1 Å². The Balaban J connectivity index is 2.23. The molecule has 2 aromatic carbocycles. The third kappa shape index (κ3) is 3.40. The molecule has 0 radical (unpaired) electrons. The highest BCUT2D eigenvalue weighted by molar-refractivity contribution is 6.31. The summed E-state index contributed by atoms with van der Waals surface area (Å²) in [5.74, 6) is 0.300. The molecule has 0 aliphatic rings. The van der Waals surface area contributed by atoms with Gasteiger partial charge in [0.25, 0.3) is 0 Å². The van der Waals surface area contributed by atoms with Gasteiger partial charge >= 0.3 is 0 Å². The van der Waals surface area contributed by atoms with E-state index in [0.29, 0.717) is 11.3 Å². The highest BCUT2D eigenvalue weighted by Gasteiger charge is 2.14. The average Bonchev–Trinajstić information content (AvgIpc) is 2.45. The molecule has 20 heavy (non-hydrogen) atoms. The Bertz CT molecular complexity index is 592. The summed E-state index contributed by atoms with van der Waals surface area (Å²) < 4.78 is 18.2. The fraction of sp³-hybridized carbons (Fsp3) is 0.200. The number of rotatable bonds is 5. The van der Waals surface area contributed by atoms with Crippen LogP contribution in [0.5, 0.6) is 5.75 Å². The van der Waals surface area contributed by atoms with Crippen molar-refractivity contribution in [3.8, 4) is 5.75 Å². The maximum atomic E-state index is 13.1. The van der Waals surface area contributed by atoms with E-state index in [9.17, 15) is 9.50 Å². The molecule has 106 valence electrons. The summed E-state index contributed by atoms with van der Waals surface area (Å²) in [6.45, 7) is -0.164. The zero-order valence-electron chi connectivity index (χ0n) is 10.9. The van der Waals surface area contributed by atoms with Crippen LogP contribution in [0.4, 0.5) is 10.1 Å². The molecule has 2 N–H and O–H groups in total. The third-order valence-electron chi connectivity index (χ3n) is 2.93. The molecule has 0 heterocycles. The van der Waals surface area contributed by atoms with E-state index < -0.39 is 11.9 Å². The van der Waals surface area contributed by atoms with Gasteiger partial charge in [-0.2, -0.15) is 0 Å². The maximum Gasteiger partial charge on any atom is 0.124 e. The average molecular weight is 296 g/mol. The number of nitrogens with one attached hydrogen (secondary N) is 1. The van der Waals surface area contributed by atoms with Gasteiger partial charge in [0.1, 0.15) is 11.6 Å². The first-order valence-electron chi connectivity index (χ1n) is 6.10. The van der Waals surface area contributed by atoms with Gasteiger partial charge < -0.3 is 15.2 Å². The molecular formula is C15H15ClFNO2. The summed E-state index contributed by atoms with van der Waals surface area (Å²) in [5.41, 5.74) is 1.42. The van der Waals surface area contributed by atoms with Crippen molar-refractivity contribution in [3.63, 3.8) is 0 Å². The van der Waals surface area contributed by atoms with Crippen LogP contribution in [0.1, 0.15) is 11.6 Å². The Hall–Kier alpha value is -1.78. The predicted molar refractivity (Wildman–Crippen MR) is 77.9 cm³/mol. The Morgan fingerprint density at radius 1 is 1.30 bits per heavy atom. The van der Waals surface area contributed by atoms with Crippen LogP contribution in [0, 0.1) is 5.82 Å². The normalized spacial score (nSPS) is 12.0. The van der Waals surface area contributed by atoms with Gasteiger partial charge in [0.15, 0.2) is 0 Å². The molecule has 0 spiro atoms. The summed E-state index contributed by atoms with van der Waals surface area (Å²) >= 11 is 6.01. The lowest BCUT2D eigenvalue weighted by Crippen LogP contribution is -2.15. The van der Waals surface area contributed by atoms with Gasteiger partial charge in [-0.1, -0.05) is 23.7 Å². The van der Waals surface area contributed by atoms with Gasteiger partial charge in [0, 0.05) is 16.8 Å². The molecule has 1 atom stereocenters. The van der Waals surface area contributed by atoms with E-state index in [1.165, 1.54) is 12.1 Å². The van der Waals surface area contributed by atoms with Crippen LogP contribution in [-0.2, 0) is 0 Å². The van der Waals surface area contributed by atoms with Crippen LogP contribution >= 0.6 is 11.6 Å². The van der Waals surface area contributed by atoms with Gasteiger partial charge in [-0.25, -0.2) is 4.39 Å². The predicted octanol–water partition coefficient (Wildman–Crippen LogP) is 3.63. The van der Waals surface area contributed by atoms with Crippen LogP contribution in [0.15, 0.2) is 42.5 Å². The number of anilines is 1. The molecule has 2 rings (SSSR count). The molecule has 0 saturated heterocycles. The number of ether oxygens (including phenoxy) is 1. The van der Waals surface area contributed by atoms with E-state index in [2.05, 4.69) is 5.32 Å². The minimum Gasteiger partial charge on any atom is -0.497 e. The fourth-order valence-electron chi connectivity index (χ4n) is 1.92. The lowest BCUT2D eigenvalue weighted by molar-refractivity contribution is 0.276. The second-order valence-electron chi connectivity index (χ2n) is 4.28. The zero-order chi connectivity index (χ0) is 14.5. The Labute approximate surface area is 122 Å². The van der Waals surface area contributed by atoms with Crippen molar-refractivity contribution >= 4 is 17.3 Å². The lowest BCUT2D eigenvalue weighted by atomic mass is 10.1. The molecule has 5 heteroatoms. The van der Waals surface area contributed by atoms with Crippen molar-refractivity contribution in [2.75, 3.05) is 19.0 Å².